The van der Waals surface area contributed by atoms with Gasteiger partial charge in [-0.05, 0) is 19.8 Å². The van der Waals surface area contributed by atoms with Gasteiger partial charge in [-0.1, -0.05) is 5.16 Å². The maximum absolute atomic E-state index is 12.6. The highest BCUT2D eigenvalue weighted by Crippen LogP contribution is 2.27. The molecule has 0 N–H and O–H groups in total. The van der Waals surface area contributed by atoms with Gasteiger partial charge in [0.25, 0.3) is 5.91 Å². The van der Waals surface area contributed by atoms with Crippen molar-refractivity contribution in [3.63, 3.8) is 0 Å². The first-order valence-electron chi connectivity index (χ1n) is 8.31. The number of imidazole rings is 1. The number of aryl methyl sites for hydroxylation is 1. The van der Waals surface area contributed by atoms with Crippen LogP contribution in [0.2, 0.25) is 0 Å². The van der Waals surface area contributed by atoms with Crippen molar-refractivity contribution in [2.75, 3.05) is 13.1 Å². The molecule has 25 heavy (non-hydrogen) atoms. The van der Waals surface area contributed by atoms with E-state index in [-0.39, 0.29) is 11.8 Å². The van der Waals surface area contributed by atoms with Crippen LogP contribution in [0.15, 0.2) is 33.9 Å². The number of piperidine rings is 1. The van der Waals surface area contributed by atoms with Gasteiger partial charge in [0.05, 0.1) is 17.7 Å². The van der Waals surface area contributed by atoms with Gasteiger partial charge in [0, 0.05) is 42.8 Å². The largest absolute Gasteiger partial charge is 0.361 e. The fourth-order valence-corrected chi connectivity index (χ4v) is 3.86. The molecule has 0 radical (unpaired) electrons. The highest BCUT2D eigenvalue weighted by Gasteiger charge is 2.29. The van der Waals surface area contributed by atoms with Crippen LogP contribution < -0.4 is 0 Å². The fraction of sp³-hybridized carbons (Fsp3) is 0.412. The number of hydrogen-bond donors (Lipinski definition) is 0. The van der Waals surface area contributed by atoms with Crippen molar-refractivity contribution in [3.8, 4) is 0 Å². The van der Waals surface area contributed by atoms with Crippen LogP contribution in [0.3, 0.4) is 0 Å². The fourth-order valence-electron chi connectivity index (χ4n) is 3.31. The Bertz CT molecular complexity index is 854. The topological polar surface area (TPSA) is 77.1 Å². The first-order valence-corrected chi connectivity index (χ1v) is 9.25. The van der Waals surface area contributed by atoms with Crippen molar-refractivity contribution in [1.29, 1.82) is 0 Å². The van der Waals surface area contributed by atoms with Gasteiger partial charge in [-0.15, -0.1) is 11.3 Å². The molecule has 4 rings (SSSR count). The van der Waals surface area contributed by atoms with Crippen molar-refractivity contribution in [2.45, 2.75) is 32.2 Å². The normalized spacial score (nSPS) is 17.8. The number of carbonyl (C=O) groups is 1. The molecule has 0 aromatic carbocycles. The summed E-state index contributed by atoms with van der Waals surface area (Å²) in [6.07, 6.45) is 5.78. The molecule has 8 heteroatoms. The minimum absolute atomic E-state index is 0.0702. The zero-order valence-corrected chi connectivity index (χ0v) is 14.8. The Hall–Kier alpha value is -2.48. The maximum atomic E-state index is 12.6. The monoisotopic (exact) mass is 357 g/mol. The molecule has 1 amide bonds. The molecule has 130 valence electrons. The van der Waals surface area contributed by atoms with Crippen LogP contribution in [0.4, 0.5) is 0 Å². The molecule has 7 nitrogen and oxygen atoms in total. The van der Waals surface area contributed by atoms with E-state index in [2.05, 4.69) is 19.7 Å². The molecule has 1 aliphatic heterocycles. The summed E-state index contributed by atoms with van der Waals surface area (Å²) in [5, 5.41) is 5.90. The molecule has 0 spiro atoms. The molecule has 1 fully saturated rings. The van der Waals surface area contributed by atoms with Crippen LogP contribution in [-0.4, -0.2) is 43.6 Å². The lowest BCUT2D eigenvalue weighted by Gasteiger charge is -2.32. The van der Waals surface area contributed by atoms with E-state index < -0.39 is 0 Å². The summed E-state index contributed by atoms with van der Waals surface area (Å²) >= 11 is 1.59. The smallest absolute Gasteiger partial charge is 0.276 e. The third-order valence-electron chi connectivity index (χ3n) is 4.48. The Morgan fingerprint density at radius 1 is 1.44 bits per heavy atom. The predicted molar refractivity (Wildman–Crippen MR) is 92.6 cm³/mol. The van der Waals surface area contributed by atoms with E-state index in [4.69, 9.17) is 4.52 Å². The van der Waals surface area contributed by atoms with Crippen molar-refractivity contribution in [1.82, 2.24) is 24.6 Å². The summed E-state index contributed by atoms with van der Waals surface area (Å²) in [5.41, 5.74) is 3.25. The van der Waals surface area contributed by atoms with E-state index in [1.54, 1.807) is 24.3 Å². The first kappa shape index (κ1) is 16.0. The lowest BCUT2D eigenvalue weighted by molar-refractivity contribution is 0.0693. The maximum Gasteiger partial charge on any atom is 0.276 e. The molecule has 0 saturated carbocycles. The zero-order chi connectivity index (χ0) is 17.2. The van der Waals surface area contributed by atoms with E-state index >= 15 is 0 Å². The predicted octanol–water partition coefficient (Wildman–Crippen LogP) is 2.70. The summed E-state index contributed by atoms with van der Waals surface area (Å²) in [7, 11) is 0. The summed E-state index contributed by atoms with van der Waals surface area (Å²) in [6.45, 7) is 3.90. The van der Waals surface area contributed by atoms with Gasteiger partial charge in [0.2, 0.25) is 0 Å². The van der Waals surface area contributed by atoms with Crippen LogP contribution >= 0.6 is 11.3 Å². The highest BCUT2D eigenvalue weighted by molar-refractivity contribution is 7.07. The number of nitrogens with zero attached hydrogens (tertiary/aromatic N) is 5. The number of carbonyl (C=O) groups excluding carboxylic acids is 1. The number of rotatable bonds is 4. The number of aromatic nitrogens is 4. The average molecular weight is 357 g/mol. The van der Waals surface area contributed by atoms with Crippen LogP contribution in [0, 0.1) is 6.92 Å². The van der Waals surface area contributed by atoms with Crippen LogP contribution in [0.5, 0.6) is 0 Å². The molecule has 3 aromatic heterocycles. The lowest BCUT2D eigenvalue weighted by atomic mass is 9.96. The molecule has 0 unspecified atom stereocenters. The minimum Gasteiger partial charge on any atom is -0.361 e. The molecule has 1 aliphatic rings. The standard InChI is InChI=1S/C17H19N5O2S/c1-12-7-15(20-24-12)17(23)22-5-2-3-13(8-22)16-18-4-6-21(16)9-14-10-25-11-19-14/h4,6-7,10-11,13H,2-3,5,8-9H2,1H3/t13-/m0/s1. The van der Waals surface area contributed by atoms with Crippen LogP contribution in [0.25, 0.3) is 0 Å². The summed E-state index contributed by atoms with van der Waals surface area (Å²) in [4.78, 5) is 23.4. The van der Waals surface area contributed by atoms with E-state index in [1.165, 1.54) is 0 Å². The van der Waals surface area contributed by atoms with Gasteiger partial charge in [0.15, 0.2) is 5.69 Å². The number of amides is 1. The van der Waals surface area contributed by atoms with Gasteiger partial charge in [-0.2, -0.15) is 0 Å². The molecular formula is C17H19N5O2S. The van der Waals surface area contributed by atoms with Gasteiger partial charge >= 0.3 is 0 Å². The zero-order valence-electron chi connectivity index (χ0n) is 14.0. The quantitative estimate of drug-likeness (QED) is 0.717. The van der Waals surface area contributed by atoms with Gasteiger partial charge in [-0.3, -0.25) is 4.79 Å². The van der Waals surface area contributed by atoms with Crippen LogP contribution in [0.1, 0.15) is 46.5 Å². The van der Waals surface area contributed by atoms with E-state index in [0.717, 1.165) is 30.9 Å². The van der Waals surface area contributed by atoms with Gasteiger partial charge in [-0.25, -0.2) is 9.97 Å². The Balaban J connectivity index is 1.50. The highest BCUT2D eigenvalue weighted by atomic mass is 32.1. The number of likely N-dealkylation sites (tertiary alicyclic amines) is 1. The summed E-state index contributed by atoms with van der Waals surface area (Å²) in [5.74, 6) is 1.82. The molecule has 0 bridgehead atoms. The molecule has 1 atom stereocenters. The lowest BCUT2D eigenvalue weighted by Crippen LogP contribution is -2.40. The second-order valence-electron chi connectivity index (χ2n) is 6.31. The van der Waals surface area contributed by atoms with Gasteiger partial charge in [0.1, 0.15) is 11.6 Å². The van der Waals surface area contributed by atoms with Crippen molar-refractivity contribution >= 4 is 17.2 Å². The molecule has 3 aromatic rings. The van der Waals surface area contributed by atoms with Crippen molar-refractivity contribution in [2.24, 2.45) is 0 Å². The second kappa shape index (κ2) is 6.79. The Morgan fingerprint density at radius 3 is 3.12 bits per heavy atom. The van der Waals surface area contributed by atoms with Crippen LogP contribution in [-0.2, 0) is 6.54 Å². The first-order chi connectivity index (χ1) is 12.2. The molecule has 4 heterocycles. The number of thiazole rings is 1. The Kier molecular flexibility index (Phi) is 4.35. The van der Waals surface area contributed by atoms with E-state index in [9.17, 15) is 4.79 Å². The van der Waals surface area contributed by atoms with Gasteiger partial charge < -0.3 is 14.0 Å². The third kappa shape index (κ3) is 3.34. The summed E-state index contributed by atoms with van der Waals surface area (Å²) in [6, 6.07) is 1.69. The van der Waals surface area contributed by atoms with E-state index in [1.807, 2.05) is 28.2 Å². The second-order valence-corrected chi connectivity index (χ2v) is 7.02. The average Bonchev–Trinajstić information content (AvgIpc) is 3.37. The van der Waals surface area contributed by atoms with Crippen molar-refractivity contribution < 1.29 is 9.32 Å². The minimum atomic E-state index is -0.0702. The summed E-state index contributed by atoms with van der Waals surface area (Å²) < 4.78 is 7.17. The Morgan fingerprint density at radius 2 is 2.36 bits per heavy atom. The van der Waals surface area contributed by atoms with Crippen molar-refractivity contribution in [3.05, 3.63) is 52.3 Å². The molecular weight excluding hydrogens is 338 g/mol. The Labute approximate surface area is 149 Å². The SMILES string of the molecule is Cc1cc(C(=O)N2CCC[C@H](c3nccn3Cc3cscn3)C2)no1. The third-order valence-corrected chi connectivity index (χ3v) is 5.12. The van der Waals surface area contributed by atoms with E-state index in [0.29, 0.717) is 24.5 Å². The molecule has 1 saturated heterocycles. The number of hydrogen-bond acceptors (Lipinski definition) is 6. The molecule has 0 aliphatic carbocycles.